The molecule has 0 aliphatic carbocycles. The van der Waals surface area contributed by atoms with E-state index in [-0.39, 0.29) is 17.2 Å². The monoisotopic (exact) mass is 307 g/mol. The summed E-state index contributed by atoms with van der Waals surface area (Å²) < 4.78 is 21.2. The summed E-state index contributed by atoms with van der Waals surface area (Å²) in [6, 6.07) is 4.49. The Morgan fingerprint density at radius 3 is 3.10 bits per heavy atom. The molecule has 0 aliphatic rings. The van der Waals surface area contributed by atoms with E-state index in [2.05, 4.69) is 4.98 Å². The third kappa shape index (κ3) is 2.37. The molecule has 0 atom stereocenters. The van der Waals surface area contributed by atoms with E-state index in [4.69, 9.17) is 22.7 Å². The maximum atomic E-state index is 13.7. The second-order valence-corrected chi connectivity index (χ2v) is 5.40. The molecule has 102 valence electrons. The molecule has 3 aromatic rings. The molecule has 20 heavy (non-hydrogen) atoms. The van der Waals surface area contributed by atoms with Crippen molar-refractivity contribution >= 4 is 33.5 Å². The van der Waals surface area contributed by atoms with Crippen LogP contribution in [0.5, 0.6) is 5.75 Å². The van der Waals surface area contributed by atoms with Crippen LogP contribution in [0.1, 0.15) is 11.3 Å². The molecule has 0 amide bonds. The number of thiazole rings is 1. The first kappa shape index (κ1) is 13.0. The highest BCUT2D eigenvalue weighted by Crippen LogP contribution is 2.22. The maximum Gasteiger partial charge on any atom is 0.193 e. The molecule has 0 fully saturated rings. The Hall–Kier alpha value is -1.99. The Morgan fingerprint density at radius 1 is 1.50 bits per heavy atom. The van der Waals surface area contributed by atoms with E-state index in [0.29, 0.717) is 5.75 Å². The molecule has 2 N–H and O–H groups in total. The summed E-state index contributed by atoms with van der Waals surface area (Å²) in [5.74, 6) is -0.158. The van der Waals surface area contributed by atoms with Crippen LogP contribution in [-0.2, 0) is 6.61 Å². The van der Waals surface area contributed by atoms with E-state index in [1.165, 1.54) is 17.4 Å². The number of hydrogen-bond donors (Lipinski definition) is 1. The van der Waals surface area contributed by atoms with Crippen molar-refractivity contribution in [2.75, 3.05) is 0 Å². The maximum absolute atomic E-state index is 13.7. The van der Waals surface area contributed by atoms with Crippen molar-refractivity contribution in [3.8, 4) is 5.75 Å². The van der Waals surface area contributed by atoms with Crippen molar-refractivity contribution in [2.24, 2.45) is 5.73 Å². The predicted molar refractivity (Wildman–Crippen MR) is 79.7 cm³/mol. The zero-order chi connectivity index (χ0) is 14.1. The highest BCUT2D eigenvalue weighted by Gasteiger charge is 2.13. The van der Waals surface area contributed by atoms with Crippen LogP contribution in [0.15, 0.2) is 36.0 Å². The van der Waals surface area contributed by atoms with Crippen molar-refractivity contribution in [3.63, 3.8) is 0 Å². The molecule has 2 aromatic heterocycles. The topological polar surface area (TPSA) is 52.5 Å². The standard InChI is InChI=1S/C13H10FN3OS2/c14-9-2-1-3-10(11(9)12(15)19)18-7-8-6-17-4-5-20-13(17)16-8/h1-6H,7H2,(H2,15,19). The summed E-state index contributed by atoms with van der Waals surface area (Å²) in [4.78, 5) is 5.25. The van der Waals surface area contributed by atoms with Gasteiger partial charge in [-0.05, 0) is 12.1 Å². The Balaban J connectivity index is 1.83. The van der Waals surface area contributed by atoms with Crippen molar-refractivity contribution in [1.82, 2.24) is 9.38 Å². The van der Waals surface area contributed by atoms with Gasteiger partial charge in [0.05, 0.1) is 11.3 Å². The van der Waals surface area contributed by atoms with Crippen molar-refractivity contribution in [3.05, 3.63) is 53.0 Å². The SMILES string of the molecule is NC(=S)c1c(F)cccc1OCc1cn2ccsc2n1. The van der Waals surface area contributed by atoms with Gasteiger partial charge in [-0.1, -0.05) is 18.3 Å². The van der Waals surface area contributed by atoms with Crippen molar-refractivity contribution in [2.45, 2.75) is 6.61 Å². The van der Waals surface area contributed by atoms with E-state index < -0.39 is 5.82 Å². The molecule has 4 nitrogen and oxygen atoms in total. The normalized spacial score (nSPS) is 10.8. The molecule has 0 radical (unpaired) electrons. The number of nitrogens with two attached hydrogens (primary N) is 1. The number of ether oxygens (including phenoxy) is 1. The number of nitrogens with zero attached hydrogens (tertiary/aromatic N) is 2. The number of rotatable bonds is 4. The molecule has 1 aromatic carbocycles. The lowest BCUT2D eigenvalue weighted by Gasteiger charge is -2.10. The van der Waals surface area contributed by atoms with E-state index in [0.717, 1.165) is 10.7 Å². The van der Waals surface area contributed by atoms with E-state index in [9.17, 15) is 4.39 Å². The molecule has 2 heterocycles. The minimum Gasteiger partial charge on any atom is -0.486 e. The first-order chi connectivity index (χ1) is 9.65. The fourth-order valence-electron chi connectivity index (χ4n) is 1.86. The second-order valence-electron chi connectivity index (χ2n) is 4.09. The lowest BCUT2D eigenvalue weighted by Crippen LogP contribution is -2.14. The molecular weight excluding hydrogens is 297 g/mol. The second kappa shape index (κ2) is 5.18. The molecule has 0 saturated carbocycles. The van der Waals surface area contributed by atoms with Gasteiger partial charge < -0.3 is 10.5 Å². The third-order valence-electron chi connectivity index (χ3n) is 2.74. The van der Waals surface area contributed by atoms with Gasteiger partial charge in [0.25, 0.3) is 0 Å². The summed E-state index contributed by atoms with van der Waals surface area (Å²) >= 11 is 6.38. The van der Waals surface area contributed by atoms with Gasteiger partial charge >= 0.3 is 0 Å². The first-order valence-corrected chi connectivity index (χ1v) is 7.06. The van der Waals surface area contributed by atoms with E-state index in [1.54, 1.807) is 12.1 Å². The molecule has 0 unspecified atom stereocenters. The zero-order valence-corrected chi connectivity index (χ0v) is 11.9. The third-order valence-corrected chi connectivity index (χ3v) is 3.72. The van der Waals surface area contributed by atoms with Crippen molar-refractivity contribution in [1.29, 1.82) is 0 Å². The summed E-state index contributed by atoms with van der Waals surface area (Å²) in [5, 5.41) is 1.95. The van der Waals surface area contributed by atoms with E-state index in [1.807, 2.05) is 22.2 Å². The smallest absolute Gasteiger partial charge is 0.193 e. The Kier molecular flexibility index (Phi) is 3.37. The van der Waals surface area contributed by atoms with Crippen molar-refractivity contribution < 1.29 is 9.13 Å². The largest absolute Gasteiger partial charge is 0.486 e. The highest BCUT2D eigenvalue weighted by molar-refractivity contribution is 7.80. The van der Waals surface area contributed by atoms with Gasteiger partial charge in [0.2, 0.25) is 0 Å². The molecule has 7 heteroatoms. The fourth-order valence-corrected chi connectivity index (χ4v) is 2.78. The zero-order valence-electron chi connectivity index (χ0n) is 10.2. The Bertz CT molecular complexity index is 752. The summed E-state index contributed by atoms with van der Waals surface area (Å²) in [6.45, 7) is 0.230. The minimum atomic E-state index is -0.485. The summed E-state index contributed by atoms with van der Waals surface area (Å²) in [7, 11) is 0. The van der Waals surface area contributed by atoms with Crippen LogP contribution in [0.3, 0.4) is 0 Å². The lowest BCUT2D eigenvalue weighted by atomic mass is 10.2. The van der Waals surface area contributed by atoms with Gasteiger partial charge in [0, 0.05) is 17.8 Å². The fraction of sp³-hybridized carbons (Fsp3) is 0.0769. The van der Waals surface area contributed by atoms with Crippen LogP contribution in [0.4, 0.5) is 4.39 Å². The lowest BCUT2D eigenvalue weighted by molar-refractivity contribution is 0.300. The molecule has 3 rings (SSSR count). The molecular formula is C13H10FN3OS2. The molecule has 0 aliphatic heterocycles. The first-order valence-electron chi connectivity index (χ1n) is 5.77. The Morgan fingerprint density at radius 2 is 2.35 bits per heavy atom. The average molecular weight is 307 g/mol. The van der Waals surface area contributed by atoms with Gasteiger partial charge in [0.15, 0.2) is 4.96 Å². The van der Waals surface area contributed by atoms with Gasteiger partial charge in [-0.15, -0.1) is 11.3 Å². The number of imidazole rings is 1. The number of halogens is 1. The average Bonchev–Trinajstić information content (AvgIpc) is 2.96. The van der Waals surface area contributed by atoms with Crippen LogP contribution in [0.2, 0.25) is 0 Å². The predicted octanol–water partition coefficient (Wildman–Crippen LogP) is 2.75. The molecule has 0 spiro atoms. The Labute approximate surface area is 123 Å². The van der Waals surface area contributed by atoms with Gasteiger partial charge in [-0.25, -0.2) is 9.37 Å². The van der Waals surface area contributed by atoms with Crippen LogP contribution >= 0.6 is 23.6 Å². The number of aromatic nitrogens is 2. The number of thiocarbonyl (C=S) groups is 1. The number of benzene rings is 1. The summed E-state index contributed by atoms with van der Waals surface area (Å²) in [5.41, 5.74) is 6.41. The quantitative estimate of drug-likeness (QED) is 0.753. The van der Waals surface area contributed by atoms with Gasteiger partial charge in [0.1, 0.15) is 23.2 Å². The highest BCUT2D eigenvalue weighted by atomic mass is 32.1. The molecule has 0 saturated heterocycles. The molecule has 0 bridgehead atoms. The number of fused-ring (bicyclic) bond motifs is 1. The summed E-state index contributed by atoms with van der Waals surface area (Å²) in [6.07, 6.45) is 3.78. The van der Waals surface area contributed by atoms with Crippen LogP contribution in [0, 0.1) is 5.82 Å². The van der Waals surface area contributed by atoms with Gasteiger partial charge in [-0.2, -0.15) is 0 Å². The van der Waals surface area contributed by atoms with Gasteiger partial charge in [-0.3, -0.25) is 4.40 Å². The van der Waals surface area contributed by atoms with Crippen LogP contribution < -0.4 is 10.5 Å². The number of hydrogen-bond acceptors (Lipinski definition) is 4. The van der Waals surface area contributed by atoms with Crippen LogP contribution in [-0.4, -0.2) is 14.4 Å². The minimum absolute atomic E-state index is 0.0241. The van der Waals surface area contributed by atoms with E-state index >= 15 is 0 Å². The van der Waals surface area contributed by atoms with Crippen LogP contribution in [0.25, 0.3) is 4.96 Å².